The molecular formula is C41H38O4S2. The van der Waals surface area contributed by atoms with E-state index in [1.54, 1.807) is 18.2 Å². The lowest BCUT2D eigenvalue weighted by Gasteiger charge is -2.18. The van der Waals surface area contributed by atoms with Gasteiger partial charge in [0.1, 0.15) is 15.4 Å². The molecular weight excluding hydrogens is 621 g/mol. The third kappa shape index (κ3) is 6.53. The monoisotopic (exact) mass is 658 g/mol. The molecule has 6 rings (SSSR count). The van der Waals surface area contributed by atoms with Crippen LogP contribution in [-0.4, -0.2) is 32.8 Å². The molecule has 1 aromatic heterocycles. The smallest absolute Gasteiger partial charge is 0.215 e. The van der Waals surface area contributed by atoms with Crippen LogP contribution in [-0.2, 0) is 19.3 Å². The highest BCUT2D eigenvalue weighted by atomic mass is 32.2. The topological polar surface area (TPSA) is 52.6 Å². The first kappa shape index (κ1) is 32.8. The van der Waals surface area contributed by atoms with Gasteiger partial charge in [0, 0.05) is 34.4 Å². The van der Waals surface area contributed by atoms with Gasteiger partial charge in [-0.1, -0.05) is 65.6 Å². The highest BCUT2D eigenvalue weighted by Gasteiger charge is 2.23. The van der Waals surface area contributed by atoms with Crippen LogP contribution in [0.5, 0.6) is 0 Å². The van der Waals surface area contributed by atoms with Gasteiger partial charge in [-0.05, 0) is 123 Å². The molecule has 0 aliphatic carbocycles. The van der Waals surface area contributed by atoms with Crippen molar-refractivity contribution in [2.75, 3.05) is 13.2 Å². The lowest BCUT2D eigenvalue weighted by molar-refractivity contribution is 0.0359. The van der Waals surface area contributed by atoms with E-state index >= 15 is 0 Å². The molecule has 0 aliphatic heterocycles. The summed E-state index contributed by atoms with van der Waals surface area (Å²) in [6.07, 6.45) is 0. The number of ether oxygens (including phenoxy) is 2. The Bertz CT molecular complexity index is 2280. The summed E-state index contributed by atoms with van der Waals surface area (Å²) in [4.78, 5) is 0.283. The summed E-state index contributed by atoms with van der Waals surface area (Å²) in [5.74, 6) is 13.8. The normalized spacial score (nSPS) is 12.3. The summed E-state index contributed by atoms with van der Waals surface area (Å²) in [5.41, 5.74) is 1.41. The lowest BCUT2D eigenvalue weighted by atomic mass is 9.89. The summed E-state index contributed by atoms with van der Waals surface area (Å²) in [6.45, 7) is 14.9. The predicted octanol–water partition coefficient (Wildman–Crippen LogP) is 9.84. The number of hydrogen-bond acceptors (Lipinski definition) is 5. The molecule has 6 heteroatoms. The van der Waals surface area contributed by atoms with Crippen molar-refractivity contribution in [3.8, 4) is 23.7 Å². The van der Waals surface area contributed by atoms with E-state index < -0.39 is 21.0 Å². The maximum absolute atomic E-state index is 13.8. The van der Waals surface area contributed by atoms with Gasteiger partial charge in [-0.2, -0.15) is 0 Å². The fraction of sp³-hybridized carbons (Fsp3) is 0.268. The van der Waals surface area contributed by atoms with Crippen LogP contribution in [0.4, 0.5) is 0 Å². The van der Waals surface area contributed by atoms with Crippen LogP contribution in [0.25, 0.3) is 42.4 Å². The number of fused-ring (bicyclic) bond motifs is 4. The Balaban J connectivity index is 1.73. The van der Waals surface area contributed by atoms with E-state index in [4.69, 9.17) is 9.47 Å². The average molecular weight is 659 g/mol. The molecule has 5 aromatic carbocycles. The van der Waals surface area contributed by atoms with E-state index in [1.165, 1.54) is 11.3 Å². The molecule has 0 fully saturated rings. The fourth-order valence-corrected chi connectivity index (χ4v) is 8.70. The van der Waals surface area contributed by atoms with E-state index in [1.807, 2.05) is 72.7 Å². The van der Waals surface area contributed by atoms with Crippen LogP contribution in [0.2, 0.25) is 0 Å². The minimum atomic E-state index is -3.70. The maximum Gasteiger partial charge on any atom is 0.215 e. The first-order valence-electron chi connectivity index (χ1n) is 15.8. The second-order valence-electron chi connectivity index (χ2n) is 12.7. The summed E-state index contributed by atoms with van der Waals surface area (Å²) in [6, 6.07) is 25.6. The number of sulfone groups is 1. The molecule has 0 aliphatic rings. The zero-order chi connectivity index (χ0) is 33.6. The predicted molar refractivity (Wildman–Crippen MR) is 196 cm³/mol. The van der Waals surface area contributed by atoms with E-state index in [2.05, 4.69) is 60.1 Å². The molecule has 0 bridgehead atoms. The Morgan fingerprint density at radius 3 is 1.62 bits per heavy atom. The standard InChI is InChI=1S/C41H38O4S2/c1-8-44-40(4,5)20-18-32-34-22-28-12-10-11-13-29(28)23-35(34)33(19-21-41(6,7)45-9-2)37-26-38-30(24-36(32)37)25-39(46-38)47(42,43)31-16-14-27(3)15-17-31/h10-17,22-26H,8-9H2,1-7H3. The molecule has 0 saturated carbocycles. The van der Waals surface area contributed by atoms with E-state index in [-0.39, 0.29) is 4.90 Å². The Kier molecular flexibility index (Phi) is 8.68. The van der Waals surface area contributed by atoms with Gasteiger partial charge in [0.2, 0.25) is 9.84 Å². The Morgan fingerprint density at radius 2 is 1.13 bits per heavy atom. The van der Waals surface area contributed by atoms with E-state index in [0.717, 1.165) is 59.1 Å². The molecule has 0 spiro atoms. The van der Waals surface area contributed by atoms with Crippen molar-refractivity contribution in [3.05, 3.63) is 95.6 Å². The Morgan fingerprint density at radius 1 is 0.660 bits per heavy atom. The molecule has 4 nitrogen and oxygen atoms in total. The first-order valence-corrected chi connectivity index (χ1v) is 18.1. The van der Waals surface area contributed by atoms with Crippen LogP contribution in [0.1, 0.15) is 58.2 Å². The maximum atomic E-state index is 13.8. The number of benzene rings is 5. The summed E-state index contributed by atoms with van der Waals surface area (Å²) < 4.78 is 40.6. The summed E-state index contributed by atoms with van der Waals surface area (Å²) in [5, 5.41) is 6.84. The highest BCUT2D eigenvalue weighted by Crippen LogP contribution is 2.40. The van der Waals surface area contributed by atoms with Gasteiger partial charge in [-0.15, -0.1) is 11.3 Å². The number of aryl methyl sites for hydroxylation is 1. The Labute approximate surface area is 281 Å². The minimum Gasteiger partial charge on any atom is -0.363 e. The molecule has 238 valence electrons. The van der Waals surface area contributed by atoms with Crippen LogP contribution in [0, 0.1) is 30.6 Å². The number of hydrogen-bond donors (Lipinski definition) is 0. The summed E-state index contributed by atoms with van der Waals surface area (Å²) >= 11 is 1.28. The van der Waals surface area contributed by atoms with Crippen molar-refractivity contribution >= 4 is 63.6 Å². The van der Waals surface area contributed by atoms with Gasteiger partial charge in [-0.3, -0.25) is 0 Å². The molecule has 0 unspecified atom stereocenters. The van der Waals surface area contributed by atoms with Crippen LogP contribution in [0.3, 0.4) is 0 Å². The average Bonchev–Trinajstić information content (AvgIpc) is 3.45. The van der Waals surface area contributed by atoms with Crippen molar-refractivity contribution in [2.45, 2.75) is 68.8 Å². The van der Waals surface area contributed by atoms with Gasteiger partial charge >= 0.3 is 0 Å². The van der Waals surface area contributed by atoms with Crippen LogP contribution < -0.4 is 0 Å². The third-order valence-electron chi connectivity index (χ3n) is 8.18. The minimum absolute atomic E-state index is 0.283. The lowest BCUT2D eigenvalue weighted by Crippen LogP contribution is -2.21. The SMILES string of the molecule is CCOC(C)(C)C#Cc1c2cc3ccccc3cc2c(C#CC(C)(C)OCC)c2cc3sc(S(=O)(=O)c4ccc(C)cc4)cc3cc12. The molecule has 0 N–H and O–H groups in total. The zero-order valence-corrected chi connectivity index (χ0v) is 29.5. The molecule has 0 radical (unpaired) electrons. The third-order valence-corrected chi connectivity index (χ3v) is 11.5. The molecule has 0 saturated heterocycles. The van der Waals surface area contributed by atoms with Crippen molar-refractivity contribution < 1.29 is 17.9 Å². The molecule has 0 amide bonds. The molecule has 0 atom stereocenters. The molecule has 6 aromatic rings. The van der Waals surface area contributed by atoms with Gasteiger partial charge < -0.3 is 9.47 Å². The Hall–Kier alpha value is -4.17. The summed E-state index contributed by atoms with van der Waals surface area (Å²) in [7, 11) is -3.70. The first-order chi connectivity index (χ1) is 22.3. The van der Waals surface area contributed by atoms with Crippen molar-refractivity contribution in [1.82, 2.24) is 0 Å². The largest absolute Gasteiger partial charge is 0.363 e. The van der Waals surface area contributed by atoms with Gasteiger partial charge in [0.25, 0.3) is 0 Å². The van der Waals surface area contributed by atoms with E-state index in [9.17, 15) is 8.42 Å². The van der Waals surface area contributed by atoms with Crippen molar-refractivity contribution in [3.63, 3.8) is 0 Å². The second kappa shape index (κ2) is 12.5. The van der Waals surface area contributed by atoms with Gasteiger partial charge in [-0.25, -0.2) is 8.42 Å². The van der Waals surface area contributed by atoms with Crippen molar-refractivity contribution in [2.24, 2.45) is 0 Å². The second-order valence-corrected chi connectivity index (χ2v) is 16.0. The quantitative estimate of drug-likeness (QED) is 0.132. The highest BCUT2D eigenvalue weighted by molar-refractivity contribution is 7.93. The fourth-order valence-electron chi connectivity index (χ4n) is 5.88. The van der Waals surface area contributed by atoms with Gasteiger partial charge in [0.15, 0.2) is 0 Å². The van der Waals surface area contributed by atoms with Gasteiger partial charge in [0.05, 0.1) is 4.90 Å². The molecule has 1 heterocycles. The number of rotatable bonds is 6. The zero-order valence-electron chi connectivity index (χ0n) is 27.9. The van der Waals surface area contributed by atoms with E-state index in [0.29, 0.717) is 17.4 Å². The number of thiophene rings is 1. The van der Waals surface area contributed by atoms with Crippen LogP contribution >= 0.6 is 11.3 Å². The molecule has 47 heavy (non-hydrogen) atoms. The van der Waals surface area contributed by atoms with Crippen molar-refractivity contribution in [1.29, 1.82) is 0 Å². The van der Waals surface area contributed by atoms with Crippen LogP contribution in [0.15, 0.2) is 88.0 Å².